The molecule has 0 saturated carbocycles. The second-order valence-electron chi connectivity index (χ2n) is 5.31. The van der Waals surface area contributed by atoms with Crippen molar-refractivity contribution in [1.82, 2.24) is 9.55 Å². The number of aliphatic hydroxyl groups excluding tert-OH is 2. The van der Waals surface area contributed by atoms with Gasteiger partial charge in [0, 0.05) is 6.20 Å². The first-order valence-corrected chi connectivity index (χ1v) is 6.69. The minimum absolute atomic E-state index is 0.145. The van der Waals surface area contributed by atoms with Crippen molar-refractivity contribution >= 4 is 17.4 Å². The Bertz CT molecular complexity index is 718. The fourth-order valence-corrected chi connectivity index (χ4v) is 2.84. The van der Waals surface area contributed by atoms with Crippen LogP contribution in [0.5, 0.6) is 0 Å². The summed E-state index contributed by atoms with van der Waals surface area (Å²) < 4.78 is 5.91. The molecule has 10 heteroatoms. The van der Waals surface area contributed by atoms with Crippen LogP contribution in [0.15, 0.2) is 17.1 Å². The Morgan fingerprint density at radius 2 is 2.04 bits per heavy atom. The molecule has 1 saturated heterocycles. The lowest BCUT2D eigenvalue weighted by atomic mass is 9.80. The monoisotopic (exact) mass is 327 g/mol. The fourth-order valence-electron chi connectivity index (χ4n) is 2.84. The van der Waals surface area contributed by atoms with Crippen LogP contribution in [0.3, 0.4) is 0 Å². The van der Waals surface area contributed by atoms with Crippen molar-refractivity contribution < 1.29 is 29.6 Å². The maximum atomic E-state index is 12.3. The number of aliphatic hydroxyl groups is 3. The summed E-state index contributed by atoms with van der Waals surface area (Å²) in [6.45, 7) is 1.12. The van der Waals surface area contributed by atoms with Crippen molar-refractivity contribution in [3.63, 3.8) is 0 Å². The Morgan fingerprint density at radius 3 is 2.48 bits per heavy atom. The quantitative estimate of drug-likeness (QED) is 0.455. The zero-order valence-corrected chi connectivity index (χ0v) is 12.5. The molecule has 2 rings (SSSR count). The Hall–Kier alpha value is -2.14. The molecule has 1 aliphatic heterocycles. The van der Waals surface area contributed by atoms with Crippen molar-refractivity contribution in [2.24, 2.45) is 0 Å². The second-order valence-corrected chi connectivity index (χ2v) is 5.31. The number of carbonyl (C=O) groups excluding carboxylic acids is 2. The number of anilines is 1. The average Bonchev–Trinajstić information content (AvgIpc) is 2.70. The number of nitrogen functional groups attached to an aromatic ring is 1. The molecule has 0 bridgehead atoms. The highest BCUT2D eigenvalue weighted by atomic mass is 16.6. The van der Waals surface area contributed by atoms with Crippen LogP contribution in [0, 0.1) is 0 Å². The van der Waals surface area contributed by atoms with Gasteiger partial charge in [-0.05, 0) is 19.9 Å². The van der Waals surface area contributed by atoms with Crippen molar-refractivity contribution in [1.29, 1.82) is 0 Å². The van der Waals surface area contributed by atoms with Crippen LogP contribution >= 0.6 is 0 Å². The number of ketones is 2. The zero-order chi connectivity index (χ0) is 17.6. The molecule has 0 radical (unpaired) electrons. The summed E-state index contributed by atoms with van der Waals surface area (Å²) in [5.41, 5.74) is -1.03. The minimum Gasteiger partial charge on any atom is -0.394 e. The van der Waals surface area contributed by atoms with Gasteiger partial charge in [0.05, 0.1) is 6.61 Å². The van der Waals surface area contributed by atoms with E-state index in [0.29, 0.717) is 4.57 Å². The van der Waals surface area contributed by atoms with Gasteiger partial charge in [-0.3, -0.25) is 14.2 Å². The Labute approximate surface area is 130 Å². The van der Waals surface area contributed by atoms with Gasteiger partial charge in [0.1, 0.15) is 18.0 Å². The maximum absolute atomic E-state index is 12.3. The summed E-state index contributed by atoms with van der Waals surface area (Å²) in [6, 6.07) is 1.16. The summed E-state index contributed by atoms with van der Waals surface area (Å²) in [5, 5.41) is 30.3. The maximum Gasteiger partial charge on any atom is 0.352 e. The normalized spacial score (nSPS) is 33.6. The van der Waals surface area contributed by atoms with E-state index in [4.69, 9.17) is 10.5 Å². The topological polar surface area (TPSA) is 165 Å². The Morgan fingerprint density at radius 1 is 1.43 bits per heavy atom. The van der Waals surface area contributed by atoms with E-state index in [9.17, 15) is 29.7 Å². The van der Waals surface area contributed by atoms with E-state index in [0.717, 1.165) is 26.1 Å². The van der Waals surface area contributed by atoms with Crippen LogP contribution in [0.4, 0.5) is 5.82 Å². The number of ether oxygens (including phenoxy) is 1. The van der Waals surface area contributed by atoms with Gasteiger partial charge in [-0.15, -0.1) is 0 Å². The van der Waals surface area contributed by atoms with E-state index < -0.39 is 47.4 Å². The first-order valence-electron chi connectivity index (χ1n) is 6.69. The van der Waals surface area contributed by atoms with E-state index in [-0.39, 0.29) is 5.82 Å². The molecule has 0 aliphatic carbocycles. The minimum atomic E-state index is -2.78. The standard InChI is InChI=1S/C13H17N3O7/c1-6(18)12(22)10(20)8(5-17)23-13(12,7(2)19)16-4-3-9(14)15-11(16)21/h3-4,8,10,17,20,22H,5H2,1-2H3,(H2,14,15,21)/t8-,10-,12-,13-/m1/s1. The predicted molar refractivity (Wildman–Crippen MR) is 75.2 cm³/mol. The molecule has 2 heterocycles. The highest BCUT2D eigenvalue weighted by Gasteiger charge is 2.71. The van der Waals surface area contributed by atoms with E-state index in [1.54, 1.807) is 0 Å². The molecule has 23 heavy (non-hydrogen) atoms. The number of nitrogens with two attached hydrogens (primary N) is 1. The summed E-state index contributed by atoms with van der Waals surface area (Å²) >= 11 is 0. The third kappa shape index (κ3) is 2.10. The van der Waals surface area contributed by atoms with E-state index in [1.807, 2.05) is 0 Å². The van der Waals surface area contributed by atoms with Crippen LogP contribution in [0.2, 0.25) is 0 Å². The average molecular weight is 327 g/mol. The first-order chi connectivity index (χ1) is 10.6. The number of carbonyl (C=O) groups is 2. The SMILES string of the molecule is CC(=O)[C@@]1(O)[C@H](O)[C@@H](CO)O[C@@]1(C(C)=O)n1ccc(N)nc1=O. The number of Topliss-reactive ketones (excluding diaryl/α,β-unsaturated/α-hetero) is 2. The largest absolute Gasteiger partial charge is 0.394 e. The van der Waals surface area contributed by atoms with Gasteiger partial charge in [0.15, 0.2) is 11.6 Å². The number of aromatic nitrogens is 2. The molecule has 1 aromatic heterocycles. The van der Waals surface area contributed by atoms with E-state index >= 15 is 0 Å². The third-order valence-corrected chi connectivity index (χ3v) is 3.98. The van der Waals surface area contributed by atoms with E-state index in [1.165, 1.54) is 0 Å². The number of hydrogen-bond donors (Lipinski definition) is 4. The van der Waals surface area contributed by atoms with Gasteiger partial charge in [-0.2, -0.15) is 4.98 Å². The molecule has 1 aromatic rings. The molecule has 126 valence electrons. The molecule has 4 atom stereocenters. The smallest absolute Gasteiger partial charge is 0.352 e. The van der Waals surface area contributed by atoms with Gasteiger partial charge in [-0.25, -0.2) is 4.79 Å². The van der Waals surface area contributed by atoms with Gasteiger partial charge in [0.2, 0.25) is 11.3 Å². The summed E-state index contributed by atoms with van der Waals surface area (Å²) in [5.74, 6) is -2.09. The van der Waals surface area contributed by atoms with Gasteiger partial charge in [-0.1, -0.05) is 0 Å². The number of hydrogen-bond acceptors (Lipinski definition) is 9. The van der Waals surface area contributed by atoms with Crippen LogP contribution in [-0.2, 0) is 20.1 Å². The van der Waals surface area contributed by atoms with Crippen LogP contribution in [0.25, 0.3) is 0 Å². The van der Waals surface area contributed by atoms with E-state index in [2.05, 4.69) is 4.98 Å². The fraction of sp³-hybridized carbons (Fsp3) is 0.538. The van der Waals surface area contributed by atoms with Crippen LogP contribution in [-0.4, -0.2) is 60.9 Å². The summed E-state index contributed by atoms with van der Waals surface area (Å²) in [6.07, 6.45) is -2.37. The molecular formula is C13H17N3O7. The second kappa shape index (κ2) is 5.49. The summed E-state index contributed by atoms with van der Waals surface area (Å²) in [4.78, 5) is 39.9. The molecule has 5 N–H and O–H groups in total. The highest BCUT2D eigenvalue weighted by Crippen LogP contribution is 2.44. The highest BCUT2D eigenvalue weighted by molar-refractivity contribution is 5.97. The zero-order valence-electron chi connectivity index (χ0n) is 12.5. The molecule has 0 aromatic carbocycles. The molecule has 10 nitrogen and oxygen atoms in total. The molecule has 0 unspecified atom stereocenters. The van der Waals surface area contributed by atoms with Crippen LogP contribution in [0.1, 0.15) is 13.8 Å². The van der Waals surface area contributed by atoms with Crippen molar-refractivity contribution in [2.75, 3.05) is 12.3 Å². The Kier molecular flexibility index (Phi) is 4.11. The molecular weight excluding hydrogens is 310 g/mol. The van der Waals surface area contributed by atoms with Gasteiger partial charge in [0.25, 0.3) is 0 Å². The van der Waals surface area contributed by atoms with Crippen molar-refractivity contribution in [2.45, 2.75) is 37.4 Å². The van der Waals surface area contributed by atoms with Crippen molar-refractivity contribution in [3.05, 3.63) is 22.7 Å². The summed E-state index contributed by atoms with van der Waals surface area (Å²) in [7, 11) is 0. The lowest BCUT2D eigenvalue weighted by Gasteiger charge is -2.38. The Balaban J connectivity index is 2.85. The van der Waals surface area contributed by atoms with Gasteiger partial charge < -0.3 is 25.8 Å². The first kappa shape index (κ1) is 17.2. The molecule has 0 spiro atoms. The number of rotatable bonds is 4. The third-order valence-electron chi connectivity index (χ3n) is 3.98. The van der Waals surface area contributed by atoms with Crippen molar-refractivity contribution in [3.8, 4) is 0 Å². The van der Waals surface area contributed by atoms with Gasteiger partial charge >= 0.3 is 5.69 Å². The number of nitrogens with zero attached hydrogens (tertiary/aromatic N) is 2. The molecule has 0 amide bonds. The molecule has 1 aliphatic rings. The van der Waals surface area contributed by atoms with Crippen LogP contribution < -0.4 is 11.4 Å². The predicted octanol–water partition coefficient (Wildman–Crippen LogP) is -2.86. The lowest BCUT2D eigenvalue weighted by molar-refractivity contribution is -0.201. The molecule has 1 fully saturated rings. The lowest BCUT2D eigenvalue weighted by Crippen LogP contribution is -2.67.